The number of aliphatic hydroxyl groups is 1. The van der Waals surface area contributed by atoms with Crippen LogP contribution in [0, 0.1) is 0 Å². The van der Waals surface area contributed by atoms with Gasteiger partial charge in [-0.05, 0) is 39.2 Å². The van der Waals surface area contributed by atoms with E-state index in [1.807, 2.05) is 19.9 Å². The van der Waals surface area contributed by atoms with Gasteiger partial charge in [-0.3, -0.25) is 9.48 Å². The number of hydrogen-bond acceptors (Lipinski definition) is 3. The van der Waals surface area contributed by atoms with E-state index >= 15 is 0 Å². The van der Waals surface area contributed by atoms with Gasteiger partial charge in [0.1, 0.15) is 5.69 Å². The van der Waals surface area contributed by atoms with Crippen molar-refractivity contribution in [2.24, 2.45) is 0 Å². The third-order valence-corrected chi connectivity index (χ3v) is 2.99. The molecular weight excluding hydrogens is 242 g/mol. The summed E-state index contributed by atoms with van der Waals surface area (Å²) in [7, 11) is 0. The van der Waals surface area contributed by atoms with Gasteiger partial charge in [-0.1, -0.05) is 13.8 Å². The Bertz CT molecular complexity index is 424. The van der Waals surface area contributed by atoms with Crippen LogP contribution in [0.5, 0.6) is 0 Å². The fourth-order valence-corrected chi connectivity index (χ4v) is 2.01. The van der Waals surface area contributed by atoms with Gasteiger partial charge in [0.25, 0.3) is 5.91 Å². The van der Waals surface area contributed by atoms with Gasteiger partial charge in [0.2, 0.25) is 0 Å². The number of rotatable bonds is 6. The van der Waals surface area contributed by atoms with Crippen molar-refractivity contribution in [3.05, 3.63) is 17.5 Å². The molecule has 2 N–H and O–H groups in total. The third-order valence-electron chi connectivity index (χ3n) is 2.99. The second-order valence-electron chi connectivity index (χ2n) is 5.38. The lowest BCUT2D eigenvalue weighted by atomic mass is 10.1. The van der Waals surface area contributed by atoms with Gasteiger partial charge >= 0.3 is 0 Å². The maximum atomic E-state index is 12.2. The second-order valence-corrected chi connectivity index (χ2v) is 5.38. The lowest BCUT2D eigenvalue weighted by Crippen LogP contribution is -2.35. The molecule has 2 atom stereocenters. The Kier molecular flexibility index (Phi) is 5.54. The van der Waals surface area contributed by atoms with Gasteiger partial charge in [-0.25, -0.2) is 0 Å². The molecule has 0 aliphatic carbocycles. The Morgan fingerprint density at radius 3 is 2.53 bits per heavy atom. The largest absolute Gasteiger partial charge is 0.393 e. The van der Waals surface area contributed by atoms with Crippen molar-refractivity contribution < 1.29 is 9.90 Å². The summed E-state index contributed by atoms with van der Waals surface area (Å²) in [5.41, 5.74) is 1.51. The van der Waals surface area contributed by atoms with E-state index in [0.29, 0.717) is 24.6 Å². The first kappa shape index (κ1) is 15.7. The van der Waals surface area contributed by atoms with Crippen LogP contribution in [0.3, 0.4) is 0 Å². The van der Waals surface area contributed by atoms with Crippen LogP contribution in [0.15, 0.2) is 6.07 Å². The molecule has 0 spiro atoms. The molecular formula is C14H25N3O2. The topological polar surface area (TPSA) is 67.2 Å². The monoisotopic (exact) mass is 267 g/mol. The molecule has 0 fully saturated rings. The summed E-state index contributed by atoms with van der Waals surface area (Å²) in [6.07, 6.45) is 0.126. The number of amides is 1. The van der Waals surface area contributed by atoms with Gasteiger partial charge in [-0.2, -0.15) is 5.10 Å². The fraction of sp³-hybridized carbons (Fsp3) is 0.714. The minimum absolute atomic E-state index is 0.0600. The molecule has 1 aromatic rings. The number of carbonyl (C=O) groups is 1. The molecule has 0 aliphatic rings. The molecule has 1 amide bonds. The Hall–Kier alpha value is -1.36. The summed E-state index contributed by atoms with van der Waals surface area (Å²) >= 11 is 0. The van der Waals surface area contributed by atoms with E-state index in [9.17, 15) is 9.90 Å². The van der Waals surface area contributed by atoms with E-state index < -0.39 is 6.10 Å². The quantitative estimate of drug-likeness (QED) is 0.827. The average Bonchev–Trinajstić information content (AvgIpc) is 2.71. The maximum Gasteiger partial charge on any atom is 0.269 e. The van der Waals surface area contributed by atoms with Crippen molar-refractivity contribution in [2.45, 2.75) is 65.6 Å². The highest BCUT2D eigenvalue weighted by Gasteiger charge is 2.18. The first-order valence-electron chi connectivity index (χ1n) is 6.91. The Morgan fingerprint density at radius 2 is 2.05 bits per heavy atom. The van der Waals surface area contributed by atoms with Crippen molar-refractivity contribution in [1.29, 1.82) is 0 Å². The van der Waals surface area contributed by atoms with Gasteiger partial charge in [0.15, 0.2) is 0 Å². The number of nitrogens with one attached hydrogen (secondary N) is 1. The van der Waals surface area contributed by atoms with E-state index in [0.717, 1.165) is 5.69 Å². The molecule has 0 radical (unpaired) electrons. The van der Waals surface area contributed by atoms with Crippen molar-refractivity contribution in [3.63, 3.8) is 0 Å². The third kappa shape index (κ3) is 4.35. The minimum Gasteiger partial charge on any atom is -0.393 e. The molecule has 0 saturated carbocycles. The molecule has 1 aromatic heterocycles. The van der Waals surface area contributed by atoms with Crippen LogP contribution < -0.4 is 5.32 Å². The first-order valence-corrected chi connectivity index (χ1v) is 6.91. The number of aliphatic hydroxyl groups excluding tert-OH is 1. The van der Waals surface area contributed by atoms with Crippen LogP contribution in [0.25, 0.3) is 0 Å². The van der Waals surface area contributed by atoms with Crippen LogP contribution in [0.1, 0.15) is 63.1 Å². The van der Waals surface area contributed by atoms with Crippen molar-refractivity contribution in [1.82, 2.24) is 15.1 Å². The molecule has 1 rings (SSSR count). The van der Waals surface area contributed by atoms with Crippen molar-refractivity contribution in [2.75, 3.05) is 0 Å². The summed E-state index contributed by atoms with van der Waals surface area (Å²) in [6, 6.07) is 1.79. The molecule has 1 heterocycles. The van der Waals surface area contributed by atoms with Crippen LogP contribution >= 0.6 is 0 Å². The predicted molar refractivity (Wildman–Crippen MR) is 75.2 cm³/mol. The minimum atomic E-state index is -0.419. The Morgan fingerprint density at radius 1 is 1.42 bits per heavy atom. The van der Waals surface area contributed by atoms with E-state index in [4.69, 9.17) is 0 Å². The number of carbonyl (C=O) groups excluding carboxylic acids is 1. The van der Waals surface area contributed by atoms with Crippen LogP contribution in [-0.2, 0) is 6.54 Å². The highest BCUT2D eigenvalue weighted by atomic mass is 16.3. The summed E-state index contributed by atoms with van der Waals surface area (Å²) in [6.45, 7) is 10.4. The summed E-state index contributed by atoms with van der Waals surface area (Å²) in [5, 5.41) is 16.6. The van der Waals surface area contributed by atoms with Gasteiger partial charge < -0.3 is 10.4 Å². The van der Waals surface area contributed by atoms with Crippen LogP contribution in [0.2, 0.25) is 0 Å². The SMILES string of the molecule is CCn1nc(C(C)C)cc1C(=O)NC(C)CC(C)O. The summed E-state index contributed by atoms with van der Waals surface area (Å²) in [4.78, 5) is 12.2. The van der Waals surface area contributed by atoms with Crippen molar-refractivity contribution in [3.8, 4) is 0 Å². The van der Waals surface area contributed by atoms with E-state index in [-0.39, 0.29) is 11.9 Å². The predicted octanol–water partition coefficient (Wildman–Crippen LogP) is 1.92. The van der Waals surface area contributed by atoms with Crippen LogP contribution in [0.4, 0.5) is 0 Å². The first-order chi connectivity index (χ1) is 8.85. The lowest BCUT2D eigenvalue weighted by Gasteiger charge is -2.15. The Labute approximate surface area is 115 Å². The normalized spacial score (nSPS) is 14.5. The summed E-state index contributed by atoms with van der Waals surface area (Å²) < 4.78 is 1.72. The van der Waals surface area contributed by atoms with Gasteiger partial charge in [-0.15, -0.1) is 0 Å². The zero-order chi connectivity index (χ0) is 14.6. The molecule has 0 aromatic carbocycles. The number of hydrogen-bond donors (Lipinski definition) is 2. The number of aryl methyl sites for hydroxylation is 1. The van der Waals surface area contributed by atoms with E-state index in [1.54, 1.807) is 11.6 Å². The molecule has 5 heteroatoms. The fourth-order valence-electron chi connectivity index (χ4n) is 2.01. The smallest absolute Gasteiger partial charge is 0.269 e. The van der Waals surface area contributed by atoms with Gasteiger partial charge in [0.05, 0.1) is 11.8 Å². The Balaban J connectivity index is 2.81. The molecule has 2 unspecified atom stereocenters. The molecule has 5 nitrogen and oxygen atoms in total. The highest BCUT2D eigenvalue weighted by Crippen LogP contribution is 2.14. The zero-order valence-electron chi connectivity index (χ0n) is 12.5. The molecule has 0 saturated heterocycles. The second kappa shape index (κ2) is 6.70. The number of aromatic nitrogens is 2. The molecule has 0 bridgehead atoms. The van der Waals surface area contributed by atoms with Crippen LogP contribution in [-0.4, -0.2) is 32.9 Å². The molecule has 108 valence electrons. The standard InChI is InChI=1S/C14H25N3O2/c1-6-17-13(8-12(16-17)9(2)3)14(19)15-10(4)7-11(5)18/h8-11,18H,6-7H2,1-5H3,(H,15,19). The maximum absolute atomic E-state index is 12.2. The molecule has 0 aliphatic heterocycles. The highest BCUT2D eigenvalue weighted by molar-refractivity contribution is 5.92. The lowest BCUT2D eigenvalue weighted by molar-refractivity contribution is 0.0912. The average molecular weight is 267 g/mol. The van der Waals surface area contributed by atoms with E-state index in [2.05, 4.69) is 24.3 Å². The molecule has 19 heavy (non-hydrogen) atoms. The number of nitrogens with zero attached hydrogens (tertiary/aromatic N) is 2. The van der Waals surface area contributed by atoms with Crippen molar-refractivity contribution >= 4 is 5.91 Å². The summed E-state index contributed by atoms with van der Waals surface area (Å²) in [5.74, 6) is 0.170. The zero-order valence-corrected chi connectivity index (χ0v) is 12.5. The van der Waals surface area contributed by atoms with Gasteiger partial charge in [0, 0.05) is 12.6 Å². The van der Waals surface area contributed by atoms with E-state index in [1.165, 1.54) is 0 Å².